The molecule has 5 nitrogen and oxygen atoms in total. The van der Waals surface area contributed by atoms with Crippen LogP contribution in [0.1, 0.15) is 28.9 Å². The number of carbonyl (C=O) groups is 1. The van der Waals surface area contributed by atoms with Gasteiger partial charge in [0.2, 0.25) is 10.0 Å². The van der Waals surface area contributed by atoms with E-state index >= 15 is 0 Å². The van der Waals surface area contributed by atoms with Gasteiger partial charge in [-0.25, -0.2) is 13.1 Å². The van der Waals surface area contributed by atoms with E-state index in [-0.39, 0.29) is 16.4 Å². The van der Waals surface area contributed by atoms with Gasteiger partial charge < -0.3 is 5.32 Å². The molecule has 132 valence electrons. The van der Waals surface area contributed by atoms with Gasteiger partial charge in [0.25, 0.3) is 5.91 Å². The van der Waals surface area contributed by atoms with E-state index in [0.29, 0.717) is 6.54 Å². The summed E-state index contributed by atoms with van der Waals surface area (Å²) in [7, 11) is -3.76. The molecule has 0 fully saturated rings. The van der Waals surface area contributed by atoms with E-state index in [2.05, 4.69) is 32.5 Å². The van der Waals surface area contributed by atoms with Crippen molar-refractivity contribution in [3.05, 3.63) is 76.8 Å². The molecule has 0 saturated carbocycles. The number of halogens is 1. The lowest BCUT2D eigenvalue weighted by Gasteiger charge is -2.15. The Morgan fingerprint density at radius 3 is 2.64 bits per heavy atom. The first kappa shape index (κ1) is 19.4. The molecule has 0 heterocycles. The van der Waals surface area contributed by atoms with E-state index in [1.165, 1.54) is 12.1 Å². The van der Waals surface area contributed by atoms with Gasteiger partial charge in [-0.1, -0.05) is 40.2 Å². The predicted molar refractivity (Wildman–Crippen MR) is 102 cm³/mol. The van der Waals surface area contributed by atoms with Crippen LogP contribution in [-0.2, 0) is 10.0 Å². The summed E-state index contributed by atoms with van der Waals surface area (Å²) in [5, 5.41) is 2.62. The van der Waals surface area contributed by atoms with Crippen LogP contribution in [0.15, 0.2) is 70.6 Å². The topological polar surface area (TPSA) is 75.3 Å². The zero-order valence-corrected chi connectivity index (χ0v) is 16.1. The van der Waals surface area contributed by atoms with E-state index in [4.69, 9.17) is 0 Å². The standard InChI is InChI=1S/C18H19BrN2O3S/c1-3-10-20-18(22)15-7-5-9-17(12-15)25(23,24)21-13(2)14-6-4-8-16(19)11-14/h3-9,11-13,21H,1,10H2,2H3,(H,20,22). The lowest BCUT2D eigenvalue weighted by molar-refractivity contribution is 0.0958. The second-order valence-electron chi connectivity index (χ2n) is 5.42. The van der Waals surface area contributed by atoms with Crippen LogP contribution in [0.5, 0.6) is 0 Å². The minimum atomic E-state index is -3.76. The first-order valence-electron chi connectivity index (χ1n) is 7.60. The third-order valence-corrected chi connectivity index (χ3v) is 5.53. The Morgan fingerprint density at radius 1 is 1.24 bits per heavy atom. The molecule has 2 aromatic rings. The monoisotopic (exact) mass is 422 g/mol. The summed E-state index contributed by atoms with van der Waals surface area (Å²) >= 11 is 3.37. The first-order chi connectivity index (χ1) is 11.8. The Kier molecular flexibility index (Phi) is 6.52. The quantitative estimate of drug-likeness (QED) is 0.671. The molecule has 0 aliphatic carbocycles. The number of amides is 1. The highest BCUT2D eigenvalue weighted by atomic mass is 79.9. The van der Waals surface area contributed by atoms with E-state index in [9.17, 15) is 13.2 Å². The third-order valence-electron chi connectivity index (χ3n) is 3.49. The van der Waals surface area contributed by atoms with E-state index in [1.54, 1.807) is 25.1 Å². The molecule has 0 aromatic heterocycles. The van der Waals surface area contributed by atoms with Crippen LogP contribution in [0.4, 0.5) is 0 Å². The number of hydrogen-bond donors (Lipinski definition) is 2. The Hall–Kier alpha value is -1.96. The summed E-state index contributed by atoms with van der Waals surface area (Å²) in [6.45, 7) is 5.60. The van der Waals surface area contributed by atoms with Gasteiger partial charge in [-0.15, -0.1) is 6.58 Å². The highest BCUT2D eigenvalue weighted by molar-refractivity contribution is 9.10. The Bertz CT molecular complexity index is 881. The molecule has 0 radical (unpaired) electrons. The fourth-order valence-electron chi connectivity index (χ4n) is 2.22. The number of hydrogen-bond acceptors (Lipinski definition) is 3. The number of carbonyl (C=O) groups excluding carboxylic acids is 1. The molecule has 0 bridgehead atoms. The van der Waals surface area contributed by atoms with Crippen molar-refractivity contribution in [3.8, 4) is 0 Å². The van der Waals surface area contributed by atoms with Crippen molar-refractivity contribution >= 4 is 31.9 Å². The average Bonchev–Trinajstić information content (AvgIpc) is 2.59. The number of rotatable bonds is 7. The minimum Gasteiger partial charge on any atom is -0.349 e. The smallest absolute Gasteiger partial charge is 0.251 e. The lowest BCUT2D eigenvalue weighted by atomic mass is 10.1. The van der Waals surface area contributed by atoms with Crippen LogP contribution < -0.4 is 10.0 Å². The Labute approximate surface area is 156 Å². The lowest BCUT2D eigenvalue weighted by Crippen LogP contribution is -2.28. The van der Waals surface area contributed by atoms with Crippen LogP contribution in [0.25, 0.3) is 0 Å². The van der Waals surface area contributed by atoms with Crippen molar-refractivity contribution in [2.75, 3.05) is 6.54 Å². The molecule has 0 aliphatic heterocycles. The Balaban J connectivity index is 2.21. The Morgan fingerprint density at radius 2 is 1.96 bits per heavy atom. The zero-order chi connectivity index (χ0) is 18.4. The molecule has 1 amide bonds. The van der Waals surface area contributed by atoms with Gasteiger partial charge in [-0.3, -0.25) is 4.79 Å². The van der Waals surface area contributed by atoms with Crippen LogP contribution in [-0.4, -0.2) is 20.9 Å². The van der Waals surface area contributed by atoms with Gasteiger partial charge >= 0.3 is 0 Å². The summed E-state index contributed by atoms with van der Waals surface area (Å²) in [5.74, 6) is -0.350. The molecule has 0 spiro atoms. The average molecular weight is 423 g/mol. The minimum absolute atomic E-state index is 0.0422. The predicted octanol–water partition coefficient (Wildman–Crippen LogP) is 3.40. The second-order valence-corrected chi connectivity index (χ2v) is 8.05. The largest absolute Gasteiger partial charge is 0.349 e. The van der Waals surface area contributed by atoms with Crippen molar-refractivity contribution in [2.45, 2.75) is 17.9 Å². The van der Waals surface area contributed by atoms with Crippen LogP contribution in [0, 0.1) is 0 Å². The van der Waals surface area contributed by atoms with E-state index in [0.717, 1.165) is 10.0 Å². The molecule has 0 aliphatic rings. The van der Waals surface area contributed by atoms with Crippen molar-refractivity contribution in [1.82, 2.24) is 10.0 Å². The molecule has 1 atom stereocenters. The summed E-state index contributed by atoms with van der Waals surface area (Å²) in [4.78, 5) is 12.0. The highest BCUT2D eigenvalue weighted by Gasteiger charge is 2.19. The van der Waals surface area contributed by atoms with Crippen molar-refractivity contribution in [1.29, 1.82) is 0 Å². The maximum Gasteiger partial charge on any atom is 0.251 e. The summed E-state index contributed by atoms with van der Waals surface area (Å²) < 4.78 is 28.7. The molecular formula is C18H19BrN2O3S. The second kappa shape index (κ2) is 8.42. The summed E-state index contributed by atoms with van der Waals surface area (Å²) in [6, 6.07) is 12.9. The molecule has 2 aromatic carbocycles. The number of nitrogens with one attached hydrogen (secondary N) is 2. The van der Waals surface area contributed by atoms with Crippen LogP contribution in [0.3, 0.4) is 0 Å². The van der Waals surface area contributed by atoms with E-state index < -0.39 is 16.1 Å². The summed E-state index contributed by atoms with van der Waals surface area (Å²) in [5.41, 5.74) is 1.11. The van der Waals surface area contributed by atoms with Crippen molar-refractivity contribution < 1.29 is 13.2 Å². The maximum absolute atomic E-state index is 12.6. The van der Waals surface area contributed by atoms with Gasteiger partial charge in [0.1, 0.15) is 0 Å². The highest BCUT2D eigenvalue weighted by Crippen LogP contribution is 2.20. The molecule has 1 unspecified atom stereocenters. The van der Waals surface area contributed by atoms with Gasteiger partial charge in [-0.05, 0) is 42.8 Å². The number of sulfonamides is 1. The number of benzene rings is 2. The molecule has 25 heavy (non-hydrogen) atoms. The van der Waals surface area contributed by atoms with Crippen LogP contribution >= 0.6 is 15.9 Å². The fourth-order valence-corrected chi connectivity index (χ4v) is 3.91. The van der Waals surface area contributed by atoms with Gasteiger partial charge in [-0.2, -0.15) is 0 Å². The molecule has 7 heteroatoms. The SMILES string of the molecule is C=CCNC(=O)c1cccc(S(=O)(=O)NC(C)c2cccc(Br)c2)c1. The summed E-state index contributed by atoms with van der Waals surface area (Å²) in [6.07, 6.45) is 1.56. The van der Waals surface area contributed by atoms with Crippen LogP contribution in [0.2, 0.25) is 0 Å². The normalized spacial score (nSPS) is 12.4. The van der Waals surface area contributed by atoms with E-state index in [1.807, 2.05) is 24.3 Å². The van der Waals surface area contributed by atoms with Gasteiger partial charge in [0, 0.05) is 22.6 Å². The molecule has 0 saturated heterocycles. The maximum atomic E-state index is 12.6. The molecule has 2 rings (SSSR count). The molecular weight excluding hydrogens is 404 g/mol. The van der Waals surface area contributed by atoms with Gasteiger partial charge in [0.05, 0.1) is 4.90 Å². The van der Waals surface area contributed by atoms with Crippen molar-refractivity contribution in [2.24, 2.45) is 0 Å². The third kappa shape index (κ3) is 5.26. The van der Waals surface area contributed by atoms with Gasteiger partial charge in [0.15, 0.2) is 0 Å². The fraction of sp³-hybridized carbons (Fsp3) is 0.167. The van der Waals surface area contributed by atoms with Crippen molar-refractivity contribution in [3.63, 3.8) is 0 Å². The molecule has 2 N–H and O–H groups in total. The first-order valence-corrected chi connectivity index (χ1v) is 9.88. The zero-order valence-electron chi connectivity index (χ0n) is 13.7.